The molecule has 0 aliphatic rings. The molecule has 0 spiro atoms. The summed E-state index contributed by atoms with van der Waals surface area (Å²) in [7, 11) is 1.80. The van der Waals surface area contributed by atoms with Gasteiger partial charge >= 0.3 is 0 Å². The van der Waals surface area contributed by atoms with Crippen LogP contribution in [0.4, 0.5) is 0 Å². The summed E-state index contributed by atoms with van der Waals surface area (Å²) in [6.07, 6.45) is 0. The molecule has 2 aromatic rings. The van der Waals surface area contributed by atoms with Gasteiger partial charge in [-0.2, -0.15) is 0 Å². The van der Waals surface area contributed by atoms with Crippen molar-refractivity contribution in [2.75, 3.05) is 0 Å². The van der Waals surface area contributed by atoms with Gasteiger partial charge in [0.2, 0.25) is 0 Å². The lowest BCUT2D eigenvalue weighted by molar-refractivity contribution is 0.814. The molecule has 0 aliphatic heterocycles. The molecule has 3 heteroatoms. The fraction of sp³-hybridized carbons (Fsp3) is 0.357. The van der Waals surface area contributed by atoms with Gasteiger partial charge in [-0.15, -0.1) is 0 Å². The minimum atomic E-state index is -0.0658. The zero-order chi connectivity index (χ0) is 12.7. The first kappa shape index (κ1) is 11.9. The Kier molecular flexibility index (Phi) is 2.79. The summed E-state index contributed by atoms with van der Waals surface area (Å²) >= 11 is 0. The van der Waals surface area contributed by atoms with Gasteiger partial charge in [0.25, 0.3) is 5.56 Å². The SMILES string of the molecule is Cc1cc(C(C)N)c2cc(C)n(C)c(=O)c2c1. The van der Waals surface area contributed by atoms with E-state index in [0.717, 1.165) is 27.6 Å². The highest BCUT2D eigenvalue weighted by Gasteiger charge is 2.11. The van der Waals surface area contributed by atoms with E-state index in [1.807, 2.05) is 32.9 Å². The van der Waals surface area contributed by atoms with Crippen LogP contribution in [0.2, 0.25) is 0 Å². The molecule has 1 heterocycles. The zero-order valence-electron chi connectivity index (χ0n) is 10.7. The standard InChI is InChI=1S/C14H18N2O/c1-8-5-11(10(3)15)12-7-9(2)16(4)14(17)13(12)6-8/h5-7,10H,15H2,1-4H3. The molecule has 2 rings (SSSR count). The van der Waals surface area contributed by atoms with E-state index < -0.39 is 0 Å². The second-order valence-electron chi connectivity index (χ2n) is 4.75. The Bertz CT molecular complexity index is 639. The first-order valence-corrected chi connectivity index (χ1v) is 5.78. The van der Waals surface area contributed by atoms with Gasteiger partial charge in [0.05, 0.1) is 0 Å². The van der Waals surface area contributed by atoms with Gasteiger partial charge in [0.15, 0.2) is 0 Å². The quantitative estimate of drug-likeness (QED) is 0.816. The number of hydrogen-bond acceptors (Lipinski definition) is 2. The topological polar surface area (TPSA) is 48.0 Å². The number of nitrogens with two attached hydrogens (primary N) is 1. The van der Waals surface area contributed by atoms with Crippen LogP contribution in [0.15, 0.2) is 23.0 Å². The van der Waals surface area contributed by atoms with Crippen molar-refractivity contribution in [2.45, 2.75) is 26.8 Å². The molecular formula is C14H18N2O. The highest BCUT2D eigenvalue weighted by atomic mass is 16.1. The third-order valence-electron chi connectivity index (χ3n) is 3.26. The first-order chi connectivity index (χ1) is 7.91. The Morgan fingerprint density at radius 1 is 1.18 bits per heavy atom. The third kappa shape index (κ3) is 1.87. The maximum atomic E-state index is 12.2. The maximum absolute atomic E-state index is 12.2. The van der Waals surface area contributed by atoms with Crippen molar-refractivity contribution in [3.8, 4) is 0 Å². The number of aromatic nitrogens is 1. The van der Waals surface area contributed by atoms with Crippen LogP contribution < -0.4 is 11.3 Å². The Labute approximate surface area is 101 Å². The van der Waals surface area contributed by atoms with Gasteiger partial charge in [-0.3, -0.25) is 4.79 Å². The van der Waals surface area contributed by atoms with Crippen LogP contribution in [-0.2, 0) is 7.05 Å². The minimum absolute atomic E-state index is 0.0469. The van der Waals surface area contributed by atoms with E-state index in [-0.39, 0.29) is 11.6 Å². The fourth-order valence-corrected chi connectivity index (χ4v) is 2.19. The van der Waals surface area contributed by atoms with Gasteiger partial charge in [-0.1, -0.05) is 6.07 Å². The first-order valence-electron chi connectivity index (χ1n) is 5.78. The van der Waals surface area contributed by atoms with E-state index >= 15 is 0 Å². The lowest BCUT2D eigenvalue weighted by atomic mass is 9.98. The fourth-order valence-electron chi connectivity index (χ4n) is 2.19. The van der Waals surface area contributed by atoms with Crippen molar-refractivity contribution in [1.29, 1.82) is 0 Å². The van der Waals surface area contributed by atoms with Crippen LogP contribution in [0.1, 0.15) is 29.8 Å². The summed E-state index contributed by atoms with van der Waals surface area (Å²) in [5, 5.41) is 1.73. The normalized spacial score (nSPS) is 13.0. The molecule has 0 amide bonds. The molecule has 0 radical (unpaired) electrons. The van der Waals surface area contributed by atoms with Gasteiger partial charge in [0.1, 0.15) is 0 Å². The second kappa shape index (κ2) is 4.00. The van der Waals surface area contributed by atoms with Crippen molar-refractivity contribution < 1.29 is 0 Å². The van der Waals surface area contributed by atoms with Gasteiger partial charge < -0.3 is 10.3 Å². The van der Waals surface area contributed by atoms with Crippen LogP contribution in [0.5, 0.6) is 0 Å². The summed E-state index contributed by atoms with van der Waals surface area (Å²) < 4.78 is 1.67. The van der Waals surface area contributed by atoms with Crippen LogP contribution >= 0.6 is 0 Å². The van der Waals surface area contributed by atoms with Crippen molar-refractivity contribution in [1.82, 2.24) is 4.57 Å². The van der Waals surface area contributed by atoms with Gasteiger partial charge in [-0.05, 0) is 49.4 Å². The molecule has 1 aromatic carbocycles. The Balaban J connectivity index is 3.00. The summed E-state index contributed by atoms with van der Waals surface area (Å²) in [5.74, 6) is 0. The number of nitrogens with zero attached hydrogens (tertiary/aromatic N) is 1. The van der Waals surface area contributed by atoms with Crippen LogP contribution in [-0.4, -0.2) is 4.57 Å². The molecule has 3 nitrogen and oxygen atoms in total. The number of benzene rings is 1. The zero-order valence-corrected chi connectivity index (χ0v) is 10.7. The summed E-state index contributed by atoms with van der Waals surface area (Å²) in [6.45, 7) is 5.87. The molecule has 1 aromatic heterocycles. The minimum Gasteiger partial charge on any atom is -0.324 e. The van der Waals surface area contributed by atoms with Crippen LogP contribution in [0, 0.1) is 13.8 Å². The Morgan fingerprint density at radius 2 is 1.82 bits per heavy atom. The summed E-state index contributed by atoms with van der Waals surface area (Å²) in [5.41, 5.74) is 9.09. The maximum Gasteiger partial charge on any atom is 0.258 e. The lowest BCUT2D eigenvalue weighted by Gasteiger charge is -2.13. The average molecular weight is 230 g/mol. The van der Waals surface area contributed by atoms with Crippen LogP contribution in [0.25, 0.3) is 10.8 Å². The van der Waals surface area contributed by atoms with E-state index in [1.54, 1.807) is 11.6 Å². The summed E-state index contributed by atoms with van der Waals surface area (Å²) in [6, 6.07) is 5.97. The van der Waals surface area contributed by atoms with Gasteiger partial charge in [0, 0.05) is 24.2 Å². The molecule has 0 saturated heterocycles. The van der Waals surface area contributed by atoms with E-state index in [9.17, 15) is 4.79 Å². The number of rotatable bonds is 1. The number of aryl methyl sites for hydroxylation is 2. The molecule has 2 N–H and O–H groups in total. The Morgan fingerprint density at radius 3 is 2.41 bits per heavy atom. The monoisotopic (exact) mass is 230 g/mol. The smallest absolute Gasteiger partial charge is 0.258 e. The number of hydrogen-bond donors (Lipinski definition) is 1. The number of fused-ring (bicyclic) bond motifs is 1. The van der Waals surface area contributed by atoms with E-state index in [1.165, 1.54) is 0 Å². The molecule has 17 heavy (non-hydrogen) atoms. The average Bonchev–Trinajstić information content (AvgIpc) is 2.26. The second-order valence-corrected chi connectivity index (χ2v) is 4.75. The molecular weight excluding hydrogens is 212 g/mol. The van der Waals surface area contributed by atoms with E-state index in [0.29, 0.717) is 0 Å². The predicted molar refractivity (Wildman–Crippen MR) is 71.3 cm³/mol. The molecule has 1 atom stereocenters. The number of pyridine rings is 1. The summed E-state index contributed by atoms with van der Waals surface area (Å²) in [4.78, 5) is 12.2. The highest BCUT2D eigenvalue weighted by molar-refractivity contribution is 5.86. The largest absolute Gasteiger partial charge is 0.324 e. The van der Waals surface area contributed by atoms with Crippen molar-refractivity contribution in [3.63, 3.8) is 0 Å². The molecule has 90 valence electrons. The third-order valence-corrected chi connectivity index (χ3v) is 3.26. The lowest BCUT2D eigenvalue weighted by Crippen LogP contribution is -2.20. The van der Waals surface area contributed by atoms with Crippen molar-refractivity contribution in [2.24, 2.45) is 12.8 Å². The molecule has 1 unspecified atom stereocenters. The molecule has 0 aliphatic carbocycles. The van der Waals surface area contributed by atoms with Gasteiger partial charge in [-0.25, -0.2) is 0 Å². The van der Waals surface area contributed by atoms with E-state index in [2.05, 4.69) is 6.07 Å². The van der Waals surface area contributed by atoms with Crippen LogP contribution in [0.3, 0.4) is 0 Å². The Hall–Kier alpha value is -1.61. The predicted octanol–water partition coefficient (Wildman–Crippen LogP) is 2.18. The molecule has 0 fully saturated rings. The molecule has 0 saturated carbocycles. The van der Waals surface area contributed by atoms with Crippen molar-refractivity contribution >= 4 is 10.8 Å². The highest BCUT2D eigenvalue weighted by Crippen LogP contribution is 2.23. The van der Waals surface area contributed by atoms with Crippen molar-refractivity contribution in [3.05, 3.63) is 45.4 Å². The molecule has 0 bridgehead atoms. The van der Waals surface area contributed by atoms with E-state index in [4.69, 9.17) is 5.73 Å².